The average Bonchev–Trinajstić information content (AvgIpc) is 3.18. The van der Waals surface area contributed by atoms with Crippen LogP contribution in [0.15, 0.2) is 42.6 Å². The van der Waals surface area contributed by atoms with Gasteiger partial charge in [-0.1, -0.05) is 38.5 Å². The van der Waals surface area contributed by atoms with Crippen LogP contribution in [0.2, 0.25) is 0 Å². The predicted molar refractivity (Wildman–Crippen MR) is 127 cm³/mol. The van der Waals surface area contributed by atoms with Crippen LogP contribution < -0.4 is 14.9 Å². The Bertz CT molecular complexity index is 931. The van der Waals surface area contributed by atoms with Crippen molar-refractivity contribution in [2.45, 2.75) is 64.8 Å². The number of benzene rings is 1. The van der Waals surface area contributed by atoms with Gasteiger partial charge in [0.15, 0.2) is 0 Å². The molecular formula is C23H34N3O8P. The first-order valence-electron chi connectivity index (χ1n) is 11.7. The fraction of sp³-hybridized carbons (Fsp3) is 0.565. The molecule has 1 saturated heterocycles. The molecule has 2 aliphatic rings. The second kappa shape index (κ2) is 12.5. The van der Waals surface area contributed by atoms with Gasteiger partial charge in [-0.05, 0) is 31.9 Å². The van der Waals surface area contributed by atoms with Gasteiger partial charge < -0.3 is 29.3 Å². The summed E-state index contributed by atoms with van der Waals surface area (Å²) in [7, 11) is -4.00. The summed E-state index contributed by atoms with van der Waals surface area (Å²) >= 11 is 0. The van der Waals surface area contributed by atoms with Gasteiger partial charge in [0.1, 0.15) is 18.0 Å². The number of nitrogens with zero attached hydrogens (tertiary/aromatic N) is 1. The number of esters is 1. The monoisotopic (exact) mass is 511 g/mol. The SMILES string of the molecule is CCCCOC(=O)C(C)NP(=O)(OCC1CC(C)C(N2C=CC(=O)NC2O)O1)Oc1ccccc1. The minimum absolute atomic E-state index is 0.0206. The first-order valence-corrected chi connectivity index (χ1v) is 13.3. The van der Waals surface area contributed by atoms with Gasteiger partial charge in [-0.25, -0.2) is 4.57 Å². The summed E-state index contributed by atoms with van der Waals surface area (Å²) in [5.74, 6) is -0.664. The van der Waals surface area contributed by atoms with Crippen LogP contribution in [0.4, 0.5) is 0 Å². The Kier molecular flexibility index (Phi) is 9.71. The lowest BCUT2D eigenvalue weighted by Gasteiger charge is -2.35. The number of hydrogen-bond acceptors (Lipinski definition) is 9. The maximum Gasteiger partial charge on any atom is 0.459 e. The van der Waals surface area contributed by atoms with Gasteiger partial charge in [0, 0.05) is 18.2 Å². The molecule has 0 radical (unpaired) electrons. The highest BCUT2D eigenvalue weighted by atomic mass is 31.2. The molecule has 3 N–H and O–H groups in total. The minimum Gasteiger partial charge on any atom is -0.465 e. The van der Waals surface area contributed by atoms with E-state index in [1.165, 1.54) is 24.1 Å². The fourth-order valence-corrected chi connectivity index (χ4v) is 5.24. The molecule has 0 saturated carbocycles. The molecule has 2 aliphatic heterocycles. The van der Waals surface area contributed by atoms with Crippen molar-refractivity contribution in [1.29, 1.82) is 0 Å². The molecule has 12 heteroatoms. The predicted octanol–water partition coefficient (Wildman–Crippen LogP) is 2.48. The molecule has 2 heterocycles. The van der Waals surface area contributed by atoms with Crippen LogP contribution in [-0.2, 0) is 28.2 Å². The van der Waals surface area contributed by atoms with E-state index in [1.807, 2.05) is 13.8 Å². The molecular weight excluding hydrogens is 477 g/mol. The van der Waals surface area contributed by atoms with Gasteiger partial charge >= 0.3 is 13.7 Å². The van der Waals surface area contributed by atoms with Crippen molar-refractivity contribution in [3.63, 3.8) is 0 Å². The van der Waals surface area contributed by atoms with Crippen LogP contribution in [0.25, 0.3) is 0 Å². The van der Waals surface area contributed by atoms with E-state index < -0.39 is 44.3 Å². The molecule has 0 spiro atoms. The second-order valence-electron chi connectivity index (χ2n) is 8.58. The van der Waals surface area contributed by atoms with Gasteiger partial charge in [-0.15, -0.1) is 0 Å². The number of carbonyl (C=O) groups excluding carboxylic acids is 2. The first kappa shape index (κ1) is 27.2. The summed E-state index contributed by atoms with van der Waals surface area (Å²) in [5.41, 5.74) is 0. The maximum atomic E-state index is 13.6. The van der Waals surface area contributed by atoms with Gasteiger partial charge in [0.2, 0.25) is 12.3 Å². The molecule has 0 bridgehead atoms. The third-order valence-electron chi connectivity index (χ3n) is 5.55. The van der Waals surface area contributed by atoms with E-state index in [2.05, 4.69) is 10.4 Å². The molecule has 11 nitrogen and oxygen atoms in total. The number of carbonyl (C=O) groups is 2. The average molecular weight is 512 g/mol. The first-order chi connectivity index (χ1) is 16.7. The highest BCUT2D eigenvalue weighted by Crippen LogP contribution is 2.46. The van der Waals surface area contributed by atoms with Crippen molar-refractivity contribution >= 4 is 19.6 Å². The zero-order valence-electron chi connectivity index (χ0n) is 20.2. The van der Waals surface area contributed by atoms with Crippen molar-refractivity contribution < 1.29 is 37.8 Å². The third kappa shape index (κ3) is 7.78. The van der Waals surface area contributed by atoms with E-state index in [0.717, 1.165) is 12.8 Å². The molecule has 6 atom stereocenters. The molecule has 1 amide bonds. The maximum absolute atomic E-state index is 13.6. The Morgan fingerprint density at radius 1 is 1.37 bits per heavy atom. The highest BCUT2D eigenvalue weighted by Gasteiger charge is 2.41. The van der Waals surface area contributed by atoms with E-state index in [1.54, 1.807) is 30.3 Å². The Morgan fingerprint density at radius 3 is 2.80 bits per heavy atom. The number of rotatable bonds is 12. The number of para-hydroxylation sites is 1. The second-order valence-corrected chi connectivity index (χ2v) is 10.3. The molecule has 35 heavy (non-hydrogen) atoms. The standard InChI is InChI=1S/C23H34N3O8P/c1-4-5-13-31-22(28)17(3)25-35(30,34-18-9-7-6-8-10-18)32-15-19-14-16(2)21(33-19)26-12-11-20(27)24-23(26)29/h6-12,16-17,19,21,23,29H,4-5,13-15H2,1-3H3,(H,24,27)(H,25,30). The molecule has 1 aromatic rings. The van der Waals surface area contributed by atoms with E-state index in [-0.39, 0.29) is 19.1 Å². The van der Waals surface area contributed by atoms with Crippen LogP contribution in [0.1, 0.15) is 40.0 Å². The number of aliphatic hydroxyl groups is 1. The number of amides is 1. The number of nitrogens with one attached hydrogen (secondary N) is 2. The van der Waals surface area contributed by atoms with Gasteiger partial charge in [-0.2, -0.15) is 5.09 Å². The number of aliphatic hydroxyl groups excluding tert-OH is 1. The van der Waals surface area contributed by atoms with Crippen LogP contribution in [0, 0.1) is 5.92 Å². The molecule has 0 aliphatic carbocycles. The summed E-state index contributed by atoms with van der Waals surface area (Å²) in [6.45, 7) is 5.64. The molecule has 1 aromatic carbocycles. The lowest BCUT2D eigenvalue weighted by molar-refractivity contribution is -0.145. The third-order valence-corrected chi connectivity index (χ3v) is 7.19. The van der Waals surface area contributed by atoms with Crippen LogP contribution in [-0.4, -0.2) is 59.8 Å². The zero-order chi connectivity index (χ0) is 25.4. The van der Waals surface area contributed by atoms with Crippen molar-refractivity contribution in [2.24, 2.45) is 5.92 Å². The number of hydrogen-bond donors (Lipinski definition) is 3. The number of ether oxygens (including phenoxy) is 2. The van der Waals surface area contributed by atoms with Crippen molar-refractivity contribution in [3.05, 3.63) is 42.6 Å². The quantitative estimate of drug-likeness (QED) is 0.218. The van der Waals surface area contributed by atoms with E-state index >= 15 is 0 Å². The van der Waals surface area contributed by atoms with E-state index in [9.17, 15) is 19.3 Å². The Balaban J connectivity index is 1.64. The van der Waals surface area contributed by atoms with Gasteiger partial charge in [0.05, 0.1) is 19.3 Å². The smallest absolute Gasteiger partial charge is 0.459 e. The molecule has 0 aromatic heterocycles. The largest absolute Gasteiger partial charge is 0.465 e. The summed E-state index contributed by atoms with van der Waals surface area (Å²) in [4.78, 5) is 25.2. The Morgan fingerprint density at radius 2 is 2.11 bits per heavy atom. The van der Waals surface area contributed by atoms with Crippen molar-refractivity contribution in [1.82, 2.24) is 15.3 Å². The van der Waals surface area contributed by atoms with Crippen molar-refractivity contribution in [2.75, 3.05) is 13.2 Å². The van der Waals surface area contributed by atoms with Gasteiger partial charge in [0.25, 0.3) is 0 Å². The Hall–Kier alpha value is -2.43. The molecule has 6 unspecified atom stereocenters. The zero-order valence-corrected chi connectivity index (χ0v) is 21.1. The van der Waals surface area contributed by atoms with Crippen LogP contribution in [0.3, 0.4) is 0 Å². The summed E-state index contributed by atoms with van der Waals surface area (Å²) < 4.78 is 36.2. The summed E-state index contributed by atoms with van der Waals surface area (Å²) in [6, 6.07) is 7.57. The lowest BCUT2D eigenvalue weighted by Crippen LogP contribution is -2.53. The summed E-state index contributed by atoms with van der Waals surface area (Å²) in [5, 5.41) is 15.2. The van der Waals surface area contributed by atoms with E-state index in [0.29, 0.717) is 12.2 Å². The molecule has 1 fully saturated rings. The summed E-state index contributed by atoms with van der Waals surface area (Å²) in [6.07, 6.45) is 2.74. The lowest BCUT2D eigenvalue weighted by atomic mass is 10.1. The fourth-order valence-electron chi connectivity index (χ4n) is 3.72. The minimum atomic E-state index is -4.00. The van der Waals surface area contributed by atoms with Crippen LogP contribution in [0.5, 0.6) is 5.75 Å². The topological polar surface area (TPSA) is 136 Å². The van der Waals surface area contributed by atoms with E-state index in [4.69, 9.17) is 18.5 Å². The highest BCUT2D eigenvalue weighted by molar-refractivity contribution is 7.52. The Labute approximate surface area is 205 Å². The van der Waals surface area contributed by atoms with Crippen molar-refractivity contribution in [3.8, 4) is 5.75 Å². The van der Waals surface area contributed by atoms with Gasteiger partial charge in [-0.3, -0.25) is 14.1 Å². The van der Waals surface area contributed by atoms with Crippen LogP contribution >= 0.6 is 7.75 Å². The normalized spacial score (nSPS) is 26.6. The molecule has 194 valence electrons. The molecule has 3 rings (SSSR count). The number of unbranched alkanes of at least 4 members (excludes halogenated alkanes) is 1.